The second kappa shape index (κ2) is 13.2. The fourth-order valence-electron chi connectivity index (χ4n) is 1.90. The lowest BCUT2D eigenvalue weighted by molar-refractivity contribution is -0.151. The van der Waals surface area contributed by atoms with Crippen molar-refractivity contribution in [1.82, 2.24) is 15.0 Å². The van der Waals surface area contributed by atoms with Crippen LogP contribution < -0.4 is 0 Å². The molecule has 0 unspecified atom stereocenters. The summed E-state index contributed by atoms with van der Waals surface area (Å²) in [4.78, 5) is 24.7. The Morgan fingerprint density at radius 1 is 1.04 bits per heavy atom. The molecule has 142 valence electrons. The van der Waals surface area contributed by atoms with Crippen molar-refractivity contribution >= 4 is 17.7 Å². The summed E-state index contributed by atoms with van der Waals surface area (Å²) >= 11 is 1.21. The first-order chi connectivity index (χ1) is 12.7. The quantitative estimate of drug-likeness (QED) is 0.374. The normalized spacial score (nSPS) is 10.2. The number of carbonyl (C=O) groups is 1. The van der Waals surface area contributed by atoms with Crippen LogP contribution in [0.4, 0.5) is 0 Å². The third-order valence-electron chi connectivity index (χ3n) is 2.88. The van der Waals surface area contributed by atoms with Gasteiger partial charge in [0.2, 0.25) is 0 Å². The van der Waals surface area contributed by atoms with Crippen LogP contribution in [0, 0.1) is 0 Å². The minimum Gasteiger partial charge on any atom is -0.457 e. The van der Waals surface area contributed by atoms with Crippen LogP contribution in [0.3, 0.4) is 0 Å². The van der Waals surface area contributed by atoms with Gasteiger partial charge in [-0.3, -0.25) is 9.78 Å². The van der Waals surface area contributed by atoms with E-state index in [4.69, 9.17) is 14.2 Å². The molecule has 0 radical (unpaired) electrons. The molecule has 0 N–H and O–H groups in total. The Labute approximate surface area is 158 Å². The molecule has 8 heteroatoms. The van der Waals surface area contributed by atoms with E-state index in [0.717, 1.165) is 5.69 Å². The second-order valence-corrected chi connectivity index (χ2v) is 5.69. The molecule has 26 heavy (non-hydrogen) atoms. The van der Waals surface area contributed by atoms with Gasteiger partial charge in [0.15, 0.2) is 5.16 Å². The lowest BCUT2D eigenvalue weighted by Crippen LogP contribution is -2.28. The van der Waals surface area contributed by atoms with Crippen LogP contribution in [0.1, 0.15) is 13.8 Å². The van der Waals surface area contributed by atoms with Gasteiger partial charge in [0.1, 0.15) is 6.10 Å². The molecule has 0 atom stereocenters. The Bertz CT molecular complexity index is 637. The molecule has 2 aromatic rings. The van der Waals surface area contributed by atoms with Crippen molar-refractivity contribution in [1.29, 1.82) is 0 Å². The van der Waals surface area contributed by atoms with E-state index < -0.39 is 6.10 Å². The number of rotatable bonds is 9. The summed E-state index contributed by atoms with van der Waals surface area (Å²) < 4.78 is 15.3. The lowest BCUT2D eigenvalue weighted by atomic mass is 10.3. The molecule has 0 aromatic carbocycles. The van der Waals surface area contributed by atoms with Crippen LogP contribution >= 0.6 is 11.8 Å². The van der Waals surface area contributed by atoms with Gasteiger partial charge in [-0.25, -0.2) is 9.97 Å². The highest BCUT2D eigenvalue weighted by molar-refractivity contribution is 7.99. The van der Waals surface area contributed by atoms with Gasteiger partial charge in [0, 0.05) is 26.6 Å². The lowest BCUT2D eigenvalue weighted by Gasteiger charge is -2.15. The van der Waals surface area contributed by atoms with Crippen molar-refractivity contribution in [2.45, 2.75) is 25.1 Å². The summed E-state index contributed by atoms with van der Waals surface area (Å²) in [5.74, 6) is -0.263. The summed E-state index contributed by atoms with van der Waals surface area (Å²) in [6.07, 6.45) is 2.92. The number of esters is 1. The monoisotopic (exact) mass is 379 g/mol. The third-order valence-corrected chi connectivity index (χ3v) is 3.72. The molecular weight excluding hydrogens is 354 g/mol. The zero-order chi connectivity index (χ0) is 19.2. The third kappa shape index (κ3) is 7.90. The molecule has 2 rings (SSSR count). The summed E-state index contributed by atoms with van der Waals surface area (Å²) in [5.41, 5.74) is 1.46. The van der Waals surface area contributed by atoms with Crippen LogP contribution in [0.2, 0.25) is 0 Å². The number of carbonyl (C=O) groups excluding carboxylic acids is 1. The number of ether oxygens (including phenoxy) is 3. The van der Waals surface area contributed by atoms with Crippen molar-refractivity contribution < 1.29 is 19.0 Å². The molecule has 0 fully saturated rings. The van der Waals surface area contributed by atoms with Crippen LogP contribution in [0.25, 0.3) is 11.4 Å². The Kier molecular flexibility index (Phi) is 11.2. The van der Waals surface area contributed by atoms with Crippen molar-refractivity contribution in [3.05, 3.63) is 36.7 Å². The van der Waals surface area contributed by atoms with E-state index in [1.807, 2.05) is 32.0 Å². The predicted molar refractivity (Wildman–Crippen MR) is 101 cm³/mol. The highest BCUT2D eigenvalue weighted by Crippen LogP contribution is 2.18. The zero-order valence-electron chi connectivity index (χ0n) is 15.5. The number of hydrogen-bond donors (Lipinski definition) is 0. The number of aromatic nitrogens is 3. The maximum absolute atomic E-state index is 11.9. The molecule has 2 heterocycles. The smallest absolute Gasteiger partial charge is 0.316 e. The maximum Gasteiger partial charge on any atom is 0.316 e. The van der Waals surface area contributed by atoms with Crippen molar-refractivity contribution in [2.75, 3.05) is 33.2 Å². The van der Waals surface area contributed by atoms with E-state index in [0.29, 0.717) is 10.9 Å². The fraction of sp³-hybridized carbons (Fsp3) is 0.444. The summed E-state index contributed by atoms with van der Waals surface area (Å²) in [7, 11) is 3.09. The first-order valence-electron chi connectivity index (χ1n) is 8.27. The summed E-state index contributed by atoms with van der Waals surface area (Å²) in [5, 5.41) is 0.491. The first-order valence-corrected chi connectivity index (χ1v) is 9.26. The Morgan fingerprint density at radius 3 is 2.38 bits per heavy atom. The Hall–Kier alpha value is -2.03. The van der Waals surface area contributed by atoms with Gasteiger partial charge in [0.05, 0.1) is 30.4 Å². The molecule has 0 aliphatic rings. The SMILES string of the molecule is CC.COCC(COC)OC(=O)CSc1nccc(-c2ccccn2)n1. The molecule has 0 saturated heterocycles. The van der Waals surface area contributed by atoms with Crippen molar-refractivity contribution in [3.8, 4) is 11.4 Å². The molecule has 0 aliphatic heterocycles. The van der Waals surface area contributed by atoms with Crippen LogP contribution in [0.5, 0.6) is 0 Å². The Morgan fingerprint density at radius 2 is 1.77 bits per heavy atom. The largest absolute Gasteiger partial charge is 0.457 e. The van der Waals surface area contributed by atoms with Gasteiger partial charge in [0.25, 0.3) is 0 Å². The first kappa shape index (κ1) is 22.0. The number of nitrogens with zero attached hydrogens (tertiary/aromatic N) is 3. The van der Waals surface area contributed by atoms with Gasteiger partial charge in [-0.15, -0.1) is 0 Å². The van der Waals surface area contributed by atoms with Crippen molar-refractivity contribution in [3.63, 3.8) is 0 Å². The number of pyridine rings is 1. The highest BCUT2D eigenvalue weighted by atomic mass is 32.2. The van der Waals surface area contributed by atoms with E-state index in [2.05, 4.69) is 15.0 Å². The molecule has 0 aliphatic carbocycles. The molecule has 2 aromatic heterocycles. The van der Waals surface area contributed by atoms with Gasteiger partial charge in [-0.05, 0) is 18.2 Å². The van der Waals surface area contributed by atoms with Gasteiger partial charge in [-0.1, -0.05) is 31.7 Å². The zero-order valence-corrected chi connectivity index (χ0v) is 16.4. The number of thioether (sulfide) groups is 1. The molecule has 0 amide bonds. The molecule has 0 saturated carbocycles. The van der Waals surface area contributed by atoms with E-state index in [-0.39, 0.29) is 24.9 Å². The summed E-state index contributed by atoms with van der Waals surface area (Å²) in [6.45, 7) is 4.58. The Balaban J connectivity index is 0.00000163. The van der Waals surface area contributed by atoms with Gasteiger partial charge < -0.3 is 14.2 Å². The average Bonchev–Trinajstić information content (AvgIpc) is 2.69. The van der Waals surface area contributed by atoms with E-state index in [1.165, 1.54) is 11.8 Å². The molecule has 0 bridgehead atoms. The molecule has 0 spiro atoms. The predicted octanol–water partition coefficient (Wildman–Crippen LogP) is 2.86. The fourth-order valence-corrected chi connectivity index (χ4v) is 2.51. The van der Waals surface area contributed by atoms with Crippen LogP contribution in [-0.2, 0) is 19.0 Å². The summed E-state index contributed by atoms with van der Waals surface area (Å²) in [6, 6.07) is 7.37. The molecular formula is C18H25N3O4S. The van der Waals surface area contributed by atoms with Gasteiger partial charge in [-0.2, -0.15) is 0 Å². The minimum absolute atomic E-state index is 0.107. The second-order valence-electron chi connectivity index (χ2n) is 4.75. The van der Waals surface area contributed by atoms with E-state index >= 15 is 0 Å². The number of hydrogen-bond acceptors (Lipinski definition) is 8. The highest BCUT2D eigenvalue weighted by Gasteiger charge is 2.15. The van der Waals surface area contributed by atoms with Gasteiger partial charge >= 0.3 is 5.97 Å². The average molecular weight is 379 g/mol. The van der Waals surface area contributed by atoms with E-state index in [9.17, 15) is 4.79 Å². The van der Waals surface area contributed by atoms with Crippen molar-refractivity contribution in [2.24, 2.45) is 0 Å². The number of methoxy groups -OCH3 is 2. The van der Waals surface area contributed by atoms with Crippen LogP contribution in [0.15, 0.2) is 41.8 Å². The standard InChI is InChI=1S/C16H19N3O4S.C2H6/c1-21-9-12(10-22-2)23-15(20)11-24-16-18-8-6-14(19-16)13-5-3-4-7-17-13;1-2/h3-8,12H,9-11H2,1-2H3;1-2H3. The minimum atomic E-state index is -0.422. The molecule has 7 nitrogen and oxygen atoms in total. The topological polar surface area (TPSA) is 83.4 Å². The van der Waals surface area contributed by atoms with Crippen LogP contribution in [-0.4, -0.2) is 60.2 Å². The van der Waals surface area contributed by atoms with E-state index in [1.54, 1.807) is 32.7 Å². The maximum atomic E-state index is 11.9.